The highest BCUT2D eigenvalue weighted by Crippen LogP contribution is 2.20. The van der Waals surface area contributed by atoms with Crippen LogP contribution in [0.2, 0.25) is 0 Å². The van der Waals surface area contributed by atoms with Gasteiger partial charge in [0.1, 0.15) is 5.75 Å². The lowest BCUT2D eigenvalue weighted by molar-refractivity contribution is -0.121. The molecule has 21 heavy (non-hydrogen) atoms. The van der Waals surface area contributed by atoms with Crippen molar-refractivity contribution in [2.24, 2.45) is 0 Å². The van der Waals surface area contributed by atoms with E-state index in [0.717, 1.165) is 6.42 Å². The van der Waals surface area contributed by atoms with E-state index in [1.807, 2.05) is 13.8 Å². The minimum absolute atomic E-state index is 0.0297. The van der Waals surface area contributed by atoms with Gasteiger partial charge in [0, 0.05) is 30.9 Å². The van der Waals surface area contributed by atoms with Gasteiger partial charge < -0.3 is 20.7 Å². The summed E-state index contributed by atoms with van der Waals surface area (Å²) in [6.07, 6.45) is 0.767. The third-order valence-corrected chi connectivity index (χ3v) is 2.88. The Kier molecular flexibility index (Phi) is 6.52. The van der Waals surface area contributed by atoms with Crippen LogP contribution in [-0.4, -0.2) is 43.5 Å². The smallest absolute Gasteiger partial charge is 0.254 e. The summed E-state index contributed by atoms with van der Waals surface area (Å²) >= 11 is 0. The molecule has 0 aliphatic heterocycles. The average molecular weight is 293 g/mol. The first-order valence-corrected chi connectivity index (χ1v) is 7.05. The van der Waals surface area contributed by atoms with Crippen molar-refractivity contribution in [3.63, 3.8) is 0 Å². The predicted molar refractivity (Wildman–Crippen MR) is 82.3 cm³/mol. The summed E-state index contributed by atoms with van der Waals surface area (Å²) in [5, 5.41) is 2.52. The summed E-state index contributed by atoms with van der Waals surface area (Å²) in [6, 6.07) is 4.91. The van der Waals surface area contributed by atoms with Crippen LogP contribution in [-0.2, 0) is 4.79 Å². The molecule has 0 bridgehead atoms. The maximum absolute atomic E-state index is 12.5. The molecule has 6 heteroatoms. The van der Waals surface area contributed by atoms with Gasteiger partial charge in [0.2, 0.25) is 5.91 Å². The van der Waals surface area contributed by atoms with Crippen molar-refractivity contribution in [1.29, 1.82) is 0 Å². The van der Waals surface area contributed by atoms with E-state index in [4.69, 9.17) is 10.5 Å². The van der Waals surface area contributed by atoms with Crippen molar-refractivity contribution in [2.45, 2.75) is 20.3 Å². The summed E-state index contributed by atoms with van der Waals surface area (Å²) in [5.41, 5.74) is 6.68. The zero-order chi connectivity index (χ0) is 15.8. The molecule has 6 nitrogen and oxygen atoms in total. The van der Waals surface area contributed by atoms with Gasteiger partial charge in [0.25, 0.3) is 5.91 Å². The first-order valence-electron chi connectivity index (χ1n) is 7.05. The van der Waals surface area contributed by atoms with Crippen LogP contribution < -0.4 is 15.8 Å². The number of amides is 2. The normalized spacial score (nSPS) is 10.0. The van der Waals surface area contributed by atoms with Crippen molar-refractivity contribution < 1.29 is 14.3 Å². The minimum Gasteiger partial charge on any atom is -0.494 e. The molecule has 0 heterocycles. The van der Waals surface area contributed by atoms with Crippen molar-refractivity contribution in [2.75, 3.05) is 32.5 Å². The molecule has 0 aliphatic carbocycles. The fourth-order valence-corrected chi connectivity index (χ4v) is 1.95. The van der Waals surface area contributed by atoms with E-state index in [1.54, 1.807) is 25.2 Å². The van der Waals surface area contributed by atoms with E-state index in [0.29, 0.717) is 30.2 Å². The second kappa shape index (κ2) is 8.14. The molecule has 1 aromatic carbocycles. The van der Waals surface area contributed by atoms with E-state index < -0.39 is 0 Å². The molecular weight excluding hydrogens is 270 g/mol. The lowest BCUT2D eigenvalue weighted by Crippen LogP contribution is -2.40. The number of anilines is 1. The van der Waals surface area contributed by atoms with E-state index in [-0.39, 0.29) is 18.4 Å². The van der Waals surface area contributed by atoms with Gasteiger partial charge in [-0.25, -0.2) is 0 Å². The van der Waals surface area contributed by atoms with Crippen molar-refractivity contribution in [3.05, 3.63) is 23.8 Å². The Morgan fingerprint density at radius 2 is 2.00 bits per heavy atom. The molecule has 0 radical (unpaired) electrons. The molecule has 0 aliphatic rings. The second-order valence-electron chi connectivity index (χ2n) is 4.62. The Balaban J connectivity index is 2.99. The van der Waals surface area contributed by atoms with Crippen LogP contribution in [0.25, 0.3) is 0 Å². The Labute approximate surface area is 125 Å². The number of carbonyl (C=O) groups excluding carboxylic acids is 2. The van der Waals surface area contributed by atoms with Crippen LogP contribution in [0.4, 0.5) is 5.69 Å². The second-order valence-corrected chi connectivity index (χ2v) is 4.62. The number of nitrogens with one attached hydrogen (secondary N) is 1. The molecule has 0 spiro atoms. The number of hydrogen-bond donors (Lipinski definition) is 2. The Morgan fingerprint density at radius 1 is 1.29 bits per heavy atom. The summed E-state index contributed by atoms with van der Waals surface area (Å²) in [6.45, 7) is 4.84. The number of benzene rings is 1. The topological polar surface area (TPSA) is 84.7 Å². The molecule has 1 rings (SSSR count). The highest BCUT2D eigenvalue weighted by atomic mass is 16.5. The Morgan fingerprint density at radius 3 is 2.57 bits per heavy atom. The van der Waals surface area contributed by atoms with Gasteiger partial charge in [-0.2, -0.15) is 0 Å². The molecule has 0 saturated carbocycles. The van der Waals surface area contributed by atoms with Crippen LogP contribution >= 0.6 is 0 Å². The molecule has 0 atom stereocenters. The quantitative estimate of drug-likeness (QED) is 0.741. The maximum Gasteiger partial charge on any atom is 0.254 e. The number of nitrogens with two attached hydrogens (primary N) is 1. The van der Waals surface area contributed by atoms with Crippen LogP contribution in [0.15, 0.2) is 18.2 Å². The molecule has 0 unspecified atom stereocenters. The minimum atomic E-state index is -0.228. The molecule has 0 saturated heterocycles. The van der Waals surface area contributed by atoms with Gasteiger partial charge in [0.05, 0.1) is 13.2 Å². The number of ether oxygens (including phenoxy) is 1. The lowest BCUT2D eigenvalue weighted by Gasteiger charge is -2.21. The van der Waals surface area contributed by atoms with E-state index in [2.05, 4.69) is 5.32 Å². The third kappa shape index (κ3) is 4.98. The molecule has 2 amide bonds. The zero-order valence-corrected chi connectivity index (χ0v) is 12.8. The first-order chi connectivity index (χ1) is 10.0. The fourth-order valence-electron chi connectivity index (χ4n) is 1.95. The zero-order valence-electron chi connectivity index (χ0n) is 12.8. The fraction of sp³-hybridized carbons (Fsp3) is 0.467. The predicted octanol–water partition coefficient (Wildman–Crippen LogP) is 1.27. The number of carbonyl (C=O) groups is 2. The number of rotatable bonds is 7. The lowest BCUT2D eigenvalue weighted by atomic mass is 10.1. The largest absolute Gasteiger partial charge is 0.494 e. The first kappa shape index (κ1) is 16.8. The summed E-state index contributed by atoms with van der Waals surface area (Å²) < 4.78 is 5.39. The van der Waals surface area contributed by atoms with Crippen molar-refractivity contribution >= 4 is 17.5 Å². The van der Waals surface area contributed by atoms with Gasteiger partial charge in [-0.05, 0) is 25.5 Å². The number of hydrogen-bond acceptors (Lipinski definition) is 4. The number of nitrogens with zero attached hydrogens (tertiary/aromatic N) is 1. The van der Waals surface area contributed by atoms with E-state index in [1.165, 1.54) is 4.90 Å². The van der Waals surface area contributed by atoms with Gasteiger partial charge >= 0.3 is 0 Å². The third-order valence-electron chi connectivity index (χ3n) is 2.88. The standard InChI is InChI=1S/C15H23N3O3/c1-4-6-18(10-14(19)17-3)15(20)11-7-12(16)9-13(8-11)21-5-2/h7-9H,4-6,10,16H2,1-3H3,(H,17,19). The molecule has 0 fully saturated rings. The summed E-state index contributed by atoms with van der Waals surface area (Å²) in [7, 11) is 1.55. The molecule has 3 N–H and O–H groups in total. The van der Waals surface area contributed by atoms with Gasteiger partial charge in [-0.1, -0.05) is 6.92 Å². The maximum atomic E-state index is 12.5. The Bertz CT molecular complexity index is 503. The van der Waals surface area contributed by atoms with Crippen LogP contribution in [0.5, 0.6) is 5.75 Å². The van der Waals surface area contributed by atoms with Gasteiger partial charge in [0.15, 0.2) is 0 Å². The average Bonchev–Trinajstić information content (AvgIpc) is 2.45. The van der Waals surface area contributed by atoms with Gasteiger partial charge in [-0.15, -0.1) is 0 Å². The molecule has 1 aromatic rings. The monoisotopic (exact) mass is 293 g/mol. The van der Waals surface area contributed by atoms with Crippen LogP contribution in [0, 0.1) is 0 Å². The summed E-state index contributed by atoms with van der Waals surface area (Å²) in [4.78, 5) is 25.5. The van der Waals surface area contributed by atoms with Crippen molar-refractivity contribution in [3.8, 4) is 5.75 Å². The molecule has 0 aromatic heterocycles. The molecule has 116 valence electrons. The Hall–Kier alpha value is -2.24. The number of likely N-dealkylation sites (N-methyl/N-ethyl adjacent to an activating group) is 1. The van der Waals surface area contributed by atoms with E-state index in [9.17, 15) is 9.59 Å². The highest BCUT2D eigenvalue weighted by molar-refractivity contribution is 5.97. The number of nitrogen functional groups attached to an aromatic ring is 1. The van der Waals surface area contributed by atoms with Crippen molar-refractivity contribution in [1.82, 2.24) is 10.2 Å². The SMILES string of the molecule is CCCN(CC(=O)NC)C(=O)c1cc(N)cc(OCC)c1. The molecular formula is C15H23N3O3. The van der Waals surface area contributed by atoms with Crippen LogP contribution in [0.3, 0.4) is 0 Å². The summed E-state index contributed by atoms with van der Waals surface area (Å²) in [5.74, 6) is 0.122. The van der Waals surface area contributed by atoms with Gasteiger partial charge in [-0.3, -0.25) is 9.59 Å². The highest BCUT2D eigenvalue weighted by Gasteiger charge is 2.18. The van der Waals surface area contributed by atoms with Crippen LogP contribution in [0.1, 0.15) is 30.6 Å². The van der Waals surface area contributed by atoms with E-state index >= 15 is 0 Å².